The molecule has 1 aliphatic rings. The quantitative estimate of drug-likeness (QED) is 0.735. The number of ether oxygens (including phenoxy) is 2. The van der Waals surface area contributed by atoms with E-state index in [2.05, 4.69) is 55.5 Å². The van der Waals surface area contributed by atoms with Crippen LogP contribution in [-0.4, -0.2) is 44.4 Å². The van der Waals surface area contributed by atoms with Crippen molar-refractivity contribution < 1.29 is 14.3 Å². The highest BCUT2D eigenvalue weighted by molar-refractivity contribution is 5.71. The highest BCUT2D eigenvalue weighted by Crippen LogP contribution is 2.36. The number of fused-ring (bicyclic) bond motifs is 1. The van der Waals surface area contributed by atoms with Crippen LogP contribution in [0.25, 0.3) is 0 Å². The Balaban J connectivity index is 1.78. The van der Waals surface area contributed by atoms with Gasteiger partial charge in [0.25, 0.3) is 0 Å². The van der Waals surface area contributed by atoms with Crippen molar-refractivity contribution in [2.75, 3.05) is 27.4 Å². The fourth-order valence-electron chi connectivity index (χ4n) is 3.61. The van der Waals surface area contributed by atoms with Gasteiger partial charge < -0.3 is 25.4 Å². The molecule has 3 N–H and O–H groups in total. The van der Waals surface area contributed by atoms with Crippen LogP contribution in [-0.2, 0) is 19.3 Å². The lowest BCUT2D eigenvalue weighted by Crippen LogP contribution is -2.33. The number of nitrogens with two attached hydrogens (primary N) is 1. The lowest BCUT2D eigenvalue weighted by molar-refractivity contribution is 0.172. The molecule has 0 bridgehead atoms. The molecule has 0 saturated carbocycles. The highest BCUT2D eigenvalue weighted by Gasteiger charge is 2.22. The van der Waals surface area contributed by atoms with Gasteiger partial charge in [-0.25, -0.2) is 4.79 Å². The summed E-state index contributed by atoms with van der Waals surface area (Å²) in [5.41, 5.74) is 10.1. The maximum atomic E-state index is 11.0. The van der Waals surface area contributed by atoms with Crippen LogP contribution in [0.2, 0.25) is 0 Å². The predicted molar refractivity (Wildman–Crippen MR) is 110 cm³/mol. The van der Waals surface area contributed by atoms with E-state index >= 15 is 0 Å². The molecule has 1 aliphatic heterocycles. The average Bonchev–Trinajstić information content (AvgIpc) is 3.12. The Bertz CT molecular complexity index is 836. The van der Waals surface area contributed by atoms with Gasteiger partial charge in [-0.2, -0.15) is 0 Å². The normalized spacial score (nSPS) is 13.6. The van der Waals surface area contributed by atoms with E-state index in [0.717, 1.165) is 30.8 Å². The van der Waals surface area contributed by atoms with E-state index in [0.29, 0.717) is 12.6 Å². The molecule has 1 atom stereocenters. The zero-order chi connectivity index (χ0) is 20.1. The molecule has 0 spiro atoms. The number of hydrogen-bond donors (Lipinski definition) is 2. The molecular weight excluding hydrogens is 354 g/mol. The number of hydrogen-bond acceptors (Lipinski definition) is 4. The molecule has 6 nitrogen and oxygen atoms in total. The Morgan fingerprint density at radius 3 is 2.68 bits per heavy atom. The Kier molecular flexibility index (Phi) is 6.41. The van der Waals surface area contributed by atoms with Crippen LogP contribution in [0.4, 0.5) is 4.79 Å². The Labute approximate surface area is 166 Å². The number of amides is 2. The fourth-order valence-corrected chi connectivity index (χ4v) is 3.61. The van der Waals surface area contributed by atoms with Gasteiger partial charge in [-0.05, 0) is 63.0 Å². The number of nitrogens with zero attached hydrogens (tertiary/aromatic N) is 1. The molecule has 3 rings (SSSR count). The van der Waals surface area contributed by atoms with E-state index in [-0.39, 0.29) is 6.79 Å². The van der Waals surface area contributed by atoms with Crippen molar-refractivity contribution in [3.05, 3.63) is 58.7 Å². The first-order valence-electron chi connectivity index (χ1n) is 9.59. The van der Waals surface area contributed by atoms with Crippen molar-refractivity contribution in [3.8, 4) is 11.5 Å². The maximum Gasteiger partial charge on any atom is 0.312 e. The molecule has 0 aliphatic carbocycles. The minimum absolute atomic E-state index is 0.286. The van der Waals surface area contributed by atoms with Crippen molar-refractivity contribution in [2.24, 2.45) is 5.73 Å². The summed E-state index contributed by atoms with van der Waals surface area (Å²) in [6.07, 6.45) is 2.54. The van der Waals surface area contributed by atoms with Crippen LogP contribution in [0, 0.1) is 6.92 Å². The number of urea groups is 1. The summed E-state index contributed by atoms with van der Waals surface area (Å²) in [6, 6.07) is 12.4. The summed E-state index contributed by atoms with van der Waals surface area (Å²) in [4.78, 5) is 13.2. The first-order chi connectivity index (χ1) is 13.4. The molecule has 150 valence electrons. The second-order valence-electron chi connectivity index (χ2n) is 7.49. The van der Waals surface area contributed by atoms with Gasteiger partial charge in [-0.15, -0.1) is 0 Å². The summed E-state index contributed by atoms with van der Waals surface area (Å²) in [7, 11) is 4.21. The maximum absolute atomic E-state index is 11.0. The van der Waals surface area contributed by atoms with Crippen molar-refractivity contribution in [1.29, 1.82) is 0 Å². The number of para-hydroxylation sites is 1. The molecule has 0 saturated heterocycles. The van der Waals surface area contributed by atoms with Gasteiger partial charge >= 0.3 is 6.03 Å². The van der Waals surface area contributed by atoms with Crippen LogP contribution < -0.4 is 20.5 Å². The minimum atomic E-state index is -0.486. The monoisotopic (exact) mass is 383 g/mol. The standard InChI is InChI=1S/C22H29N3O3/c1-15-7-8-16(9-10-24-22(23)26)18(11-15)13-19(25(2)3)12-17-5-4-6-20-21(17)28-14-27-20/h4-8,11,19H,9-10,12-14H2,1-3H3,(H3,23,24,26). The van der Waals surface area contributed by atoms with Gasteiger partial charge in [0, 0.05) is 12.6 Å². The van der Waals surface area contributed by atoms with Crippen LogP contribution in [0.5, 0.6) is 11.5 Å². The number of carbonyl (C=O) groups excluding carboxylic acids is 1. The molecule has 28 heavy (non-hydrogen) atoms. The Hall–Kier alpha value is -2.73. The SMILES string of the molecule is Cc1ccc(CCNC(N)=O)c(CC(Cc2cccc3c2OCO3)N(C)C)c1. The second-order valence-corrected chi connectivity index (χ2v) is 7.49. The summed E-state index contributed by atoms with van der Waals surface area (Å²) in [5, 5.41) is 2.68. The molecule has 2 aromatic carbocycles. The molecule has 1 heterocycles. The smallest absolute Gasteiger partial charge is 0.312 e. The van der Waals surface area contributed by atoms with Gasteiger partial charge in [0.2, 0.25) is 6.79 Å². The third-order valence-corrected chi connectivity index (χ3v) is 5.17. The largest absolute Gasteiger partial charge is 0.454 e. The molecule has 6 heteroatoms. The first-order valence-corrected chi connectivity index (χ1v) is 9.59. The molecule has 0 fully saturated rings. The number of primary amides is 1. The van der Waals surface area contributed by atoms with Crippen LogP contribution >= 0.6 is 0 Å². The van der Waals surface area contributed by atoms with Crippen molar-refractivity contribution >= 4 is 6.03 Å². The van der Waals surface area contributed by atoms with Crippen LogP contribution in [0.1, 0.15) is 22.3 Å². The van der Waals surface area contributed by atoms with Gasteiger partial charge in [-0.3, -0.25) is 0 Å². The Morgan fingerprint density at radius 2 is 1.93 bits per heavy atom. The van der Waals surface area contributed by atoms with E-state index in [4.69, 9.17) is 15.2 Å². The number of carbonyl (C=O) groups is 1. The number of likely N-dealkylation sites (N-methyl/N-ethyl adjacent to an activating group) is 1. The molecule has 2 aromatic rings. The topological polar surface area (TPSA) is 76.8 Å². The highest BCUT2D eigenvalue weighted by atomic mass is 16.7. The van der Waals surface area contributed by atoms with E-state index in [1.807, 2.05) is 12.1 Å². The van der Waals surface area contributed by atoms with Gasteiger partial charge in [0.15, 0.2) is 11.5 Å². The van der Waals surface area contributed by atoms with E-state index in [1.165, 1.54) is 22.3 Å². The van der Waals surface area contributed by atoms with Crippen molar-refractivity contribution in [1.82, 2.24) is 10.2 Å². The minimum Gasteiger partial charge on any atom is -0.454 e. The van der Waals surface area contributed by atoms with Crippen LogP contribution in [0.3, 0.4) is 0 Å². The number of nitrogens with one attached hydrogen (secondary N) is 1. The summed E-state index contributed by atoms with van der Waals surface area (Å²) >= 11 is 0. The number of aryl methyl sites for hydroxylation is 1. The third kappa shape index (κ3) is 4.95. The average molecular weight is 383 g/mol. The van der Waals surface area contributed by atoms with E-state index < -0.39 is 6.03 Å². The molecular formula is C22H29N3O3. The molecule has 0 aromatic heterocycles. The van der Waals surface area contributed by atoms with Crippen molar-refractivity contribution in [2.45, 2.75) is 32.2 Å². The molecule has 1 unspecified atom stereocenters. The second kappa shape index (κ2) is 8.97. The van der Waals surface area contributed by atoms with Gasteiger partial charge in [0.05, 0.1) is 0 Å². The number of benzene rings is 2. The fraction of sp³-hybridized carbons (Fsp3) is 0.409. The van der Waals surface area contributed by atoms with E-state index in [9.17, 15) is 4.79 Å². The third-order valence-electron chi connectivity index (χ3n) is 5.17. The summed E-state index contributed by atoms with van der Waals surface area (Å²) < 4.78 is 11.2. The summed E-state index contributed by atoms with van der Waals surface area (Å²) in [5.74, 6) is 1.69. The molecule has 0 radical (unpaired) electrons. The number of rotatable bonds is 8. The van der Waals surface area contributed by atoms with Gasteiger partial charge in [0.1, 0.15) is 0 Å². The lowest BCUT2D eigenvalue weighted by Gasteiger charge is -2.26. The predicted octanol–water partition coefficient (Wildman–Crippen LogP) is 2.65. The lowest BCUT2D eigenvalue weighted by atomic mass is 9.92. The zero-order valence-electron chi connectivity index (χ0n) is 16.8. The summed E-state index contributed by atoms with van der Waals surface area (Å²) in [6.45, 7) is 2.93. The molecule has 2 amide bonds. The van der Waals surface area contributed by atoms with E-state index in [1.54, 1.807) is 0 Å². The first kappa shape index (κ1) is 20.0. The van der Waals surface area contributed by atoms with Gasteiger partial charge in [-0.1, -0.05) is 35.9 Å². The Morgan fingerprint density at radius 1 is 1.14 bits per heavy atom. The van der Waals surface area contributed by atoms with Crippen LogP contribution in [0.15, 0.2) is 36.4 Å². The zero-order valence-corrected chi connectivity index (χ0v) is 16.8. The van der Waals surface area contributed by atoms with Crippen molar-refractivity contribution in [3.63, 3.8) is 0 Å².